The number of benzene rings is 2. The first-order valence-corrected chi connectivity index (χ1v) is 7.60. The van der Waals surface area contributed by atoms with E-state index in [0.29, 0.717) is 0 Å². The van der Waals surface area contributed by atoms with Gasteiger partial charge in [-0.25, -0.2) is 4.39 Å². The summed E-state index contributed by atoms with van der Waals surface area (Å²) >= 11 is 3.51. The molecule has 112 valence electrons. The van der Waals surface area contributed by atoms with Crippen molar-refractivity contribution in [1.29, 1.82) is 0 Å². The van der Waals surface area contributed by atoms with Crippen molar-refractivity contribution in [2.75, 3.05) is 14.2 Å². The first-order valence-electron chi connectivity index (χ1n) is 6.81. The predicted molar refractivity (Wildman–Crippen MR) is 87.3 cm³/mol. The van der Waals surface area contributed by atoms with Crippen LogP contribution in [0.1, 0.15) is 22.7 Å². The third kappa shape index (κ3) is 3.83. The Morgan fingerprint density at radius 1 is 1.24 bits per heavy atom. The van der Waals surface area contributed by atoms with Crippen LogP contribution in [0, 0.1) is 12.7 Å². The Morgan fingerprint density at radius 3 is 2.57 bits per heavy atom. The molecular formula is C17H19BrFNO. The second kappa shape index (κ2) is 7.05. The van der Waals surface area contributed by atoms with E-state index in [1.54, 1.807) is 13.2 Å². The molecule has 2 aromatic carbocycles. The van der Waals surface area contributed by atoms with Crippen LogP contribution >= 0.6 is 15.9 Å². The van der Waals surface area contributed by atoms with Gasteiger partial charge in [-0.3, -0.25) is 0 Å². The third-order valence-electron chi connectivity index (χ3n) is 3.66. The summed E-state index contributed by atoms with van der Waals surface area (Å²) in [5.41, 5.74) is 3.28. The van der Waals surface area contributed by atoms with Crippen molar-refractivity contribution in [3.05, 3.63) is 63.4 Å². The molecule has 0 aliphatic heterocycles. The lowest BCUT2D eigenvalue weighted by molar-refractivity contribution is 0.411. The molecule has 0 amide bonds. The van der Waals surface area contributed by atoms with E-state index in [1.807, 2.05) is 32.2 Å². The molecule has 0 aromatic heterocycles. The SMILES string of the molecule is CNC(Cc1ccc(F)cc1C)c1ccc(OC)c(Br)c1. The van der Waals surface area contributed by atoms with E-state index in [4.69, 9.17) is 4.74 Å². The fourth-order valence-electron chi connectivity index (χ4n) is 2.39. The highest BCUT2D eigenvalue weighted by Crippen LogP contribution is 2.29. The molecule has 0 fully saturated rings. The Kier molecular flexibility index (Phi) is 5.37. The zero-order valence-corrected chi connectivity index (χ0v) is 14.0. The first kappa shape index (κ1) is 16.0. The van der Waals surface area contributed by atoms with E-state index in [1.165, 1.54) is 6.07 Å². The topological polar surface area (TPSA) is 21.3 Å². The van der Waals surface area contributed by atoms with Crippen molar-refractivity contribution < 1.29 is 9.13 Å². The lowest BCUT2D eigenvalue weighted by Crippen LogP contribution is -2.19. The summed E-state index contributed by atoms with van der Waals surface area (Å²) in [4.78, 5) is 0. The van der Waals surface area contributed by atoms with Gasteiger partial charge in [-0.2, -0.15) is 0 Å². The van der Waals surface area contributed by atoms with Crippen LogP contribution in [-0.2, 0) is 6.42 Å². The van der Waals surface area contributed by atoms with Crippen LogP contribution in [0.5, 0.6) is 5.75 Å². The maximum absolute atomic E-state index is 13.2. The number of halogens is 2. The maximum Gasteiger partial charge on any atom is 0.133 e. The molecule has 4 heteroatoms. The van der Waals surface area contributed by atoms with Crippen LogP contribution in [0.15, 0.2) is 40.9 Å². The van der Waals surface area contributed by atoms with Gasteiger partial charge in [-0.15, -0.1) is 0 Å². The maximum atomic E-state index is 13.2. The van der Waals surface area contributed by atoms with E-state index in [2.05, 4.69) is 27.3 Å². The molecule has 0 spiro atoms. The number of methoxy groups -OCH3 is 1. The number of aryl methyl sites for hydroxylation is 1. The summed E-state index contributed by atoms with van der Waals surface area (Å²) in [6.07, 6.45) is 0.807. The molecule has 0 bridgehead atoms. The molecule has 0 radical (unpaired) electrons. The van der Waals surface area contributed by atoms with E-state index >= 15 is 0 Å². The zero-order chi connectivity index (χ0) is 15.4. The monoisotopic (exact) mass is 351 g/mol. The second-order valence-corrected chi connectivity index (χ2v) is 5.86. The van der Waals surface area contributed by atoms with E-state index < -0.39 is 0 Å². The van der Waals surface area contributed by atoms with Gasteiger partial charge in [0.1, 0.15) is 11.6 Å². The average molecular weight is 352 g/mol. The molecular weight excluding hydrogens is 333 g/mol. The summed E-state index contributed by atoms with van der Waals surface area (Å²) in [6, 6.07) is 11.2. The average Bonchev–Trinajstić information content (AvgIpc) is 2.46. The molecule has 1 atom stereocenters. The minimum atomic E-state index is -0.190. The van der Waals surface area contributed by atoms with Crippen LogP contribution in [0.2, 0.25) is 0 Å². The van der Waals surface area contributed by atoms with Gasteiger partial charge in [0.25, 0.3) is 0 Å². The van der Waals surface area contributed by atoms with Gasteiger partial charge in [0, 0.05) is 6.04 Å². The molecule has 0 saturated carbocycles. The third-order valence-corrected chi connectivity index (χ3v) is 4.28. The van der Waals surface area contributed by atoms with Gasteiger partial charge >= 0.3 is 0 Å². The number of likely N-dealkylation sites (N-methyl/N-ethyl adjacent to an activating group) is 1. The highest BCUT2D eigenvalue weighted by Gasteiger charge is 2.13. The van der Waals surface area contributed by atoms with Crippen molar-refractivity contribution >= 4 is 15.9 Å². The van der Waals surface area contributed by atoms with Crippen molar-refractivity contribution in [2.24, 2.45) is 0 Å². The van der Waals surface area contributed by atoms with Crippen LogP contribution in [0.25, 0.3) is 0 Å². The first-order chi connectivity index (χ1) is 10.0. The molecule has 0 aliphatic carbocycles. The number of hydrogen-bond donors (Lipinski definition) is 1. The van der Waals surface area contributed by atoms with Crippen molar-refractivity contribution in [2.45, 2.75) is 19.4 Å². The highest BCUT2D eigenvalue weighted by molar-refractivity contribution is 9.10. The minimum absolute atomic E-state index is 0.163. The van der Waals surface area contributed by atoms with Gasteiger partial charge in [0.2, 0.25) is 0 Å². The molecule has 1 unspecified atom stereocenters. The summed E-state index contributed by atoms with van der Waals surface area (Å²) < 4.78 is 19.4. The molecule has 0 aliphatic rings. The Balaban J connectivity index is 2.25. The van der Waals surface area contributed by atoms with Crippen LogP contribution in [0.3, 0.4) is 0 Å². The number of hydrogen-bond acceptors (Lipinski definition) is 2. The summed E-state index contributed by atoms with van der Waals surface area (Å²) in [5.74, 6) is 0.621. The van der Waals surface area contributed by atoms with Gasteiger partial charge < -0.3 is 10.1 Å². The Morgan fingerprint density at radius 2 is 2.00 bits per heavy atom. The largest absolute Gasteiger partial charge is 0.496 e. The molecule has 2 nitrogen and oxygen atoms in total. The van der Waals surface area contributed by atoms with E-state index in [-0.39, 0.29) is 11.9 Å². The van der Waals surface area contributed by atoms with Crippen LogP contribution in [0.4, 0.5) is 4.39 Å². The molecule has 2 aromatic rings. The van der Waals surface area contributed by atoms with Crippen LogP contribution < -0.4 is 10.1 Å². The molecule has 2 rings (SSSR count). The van der Waals surface area contributed by atoms with E-state index in [0.717, 1.165) is 33.3 Å². The standard InChI is InChI=1S/C17H19BrFNO/c1-11-8-14(19)6-4-12(11)10-16(20-2)13-5-7-17(21-3)15(18)9-13/h4-9,16,20H,10H2,1-3H3. The smallest absolute Gasteiger partial charge is 0.133 e. The minimum Gasteiger partial charge on any atom is -0.496 e. The fraction of sp³-hybridized carbons (Fsp3) is 0.294. The lowest BCUT2D eigenvalue weighted by atomic mass is 9.96. The lowest BCUT2D eigenvalue weighted by Gasteiger charge is -2.19. The highest BCUT2D eigenvalue weighted by atomic mass is 79.9. The Labute approximate surface area is 133 Å². The van der Waals surface area contributed by atoms with Crippen molar-refractivity contribution in [3.63, 3.8) is 0 Å². The van der Waals surface area contributed by atoms with Gasteiger partial charge in [0.15, 0.2) is 0 Å². The van der Waals surface area contributed by atoms with Crippen LogP contribution in [-0.4, -0.2) is 14.2 Å². The molecule has 0 heterocycles. The summed E-state index contributed by atoms with van der Waals surface area (Å²) in [6.45, 7) is 1.94. The quantitative estimate of drug-likeness (QED) is 0.861. The molecule has 0 saturated heterocycles. The molecule has 21 heavy (non-hydrogen) atoms. The Hall–Kier alpha value is -1.39. The van der Waals surface area contributed by atoms with E-state index in [9.17, 15) is 4.39 Å². The second-order valence-electron chi connectivity index (χ2n) is 5.01. The summed E-state index contributed by atoms with van der Waals surface area (Å²) in [5, 5.41) is 3.32. The normalized spacial score (nSPS) is 12.2. The van der Waals surface area contributed by atoms with Crippen molar-refractivity contribution in [3.8, 4) is 5.75 Å². The fourth-order valence-corrected chi connectivity index (χ4v) is 2.95. The number of rotatable bonds is 5. The van der Waals surface area contributed by atoms with Gasteiger partial charge in [-0.05, 0) is 77.3 Å². The number of ether oxygens (including phenoxy) is 1. The summed E-state index contributed by atoms with van der Waals surface area (Å²) in [7, 11) is 3.58. The molecule has 1 N–H and O–H groups in total. The number of nitrogens with one attached hydrogen (secondary N) is 1. The Bertz CT molecular complexity index is 630. The zero-order valence-electron chi connectivity index (χ0n) is 12.4. The predicted octanol–water partition coefficient (Wildman–Crippen LogP) is 4.41. The van der Waals surface area contributed by atoms with Gasteiger partial charge in [-0.1, -0.05) is 12.1 Å². The van der Waals surface area contributed by atoms with Gasteiger partial charge in [0.05, 0.1) is 11.6 Å². The van der Waals surface area contributed by atoms with Crippen molar-refractivity contribution in [1.82, 2.24) is 5.32 Å².